The Hall–Kier alpha value is -1.60. The third-order valence-corrected chi connectivity index (χ3v) is 6.12. The monoisotopic (exact) mass is 442 g/mol. The molecule has 8 heteroatoms. The molecule has 2 aromatic carbocycles. The van der Waals surface area contributed by atoms with Crippen molar-refractivity contribution in [3.05, 3.63) is 63.6 Å². The molecule has 2 rings (SSSR count). The quantitative estimate of drug-likeness (QED) is 0.609. The minimum Gasteiger partial charge on any atom is -0.325 e. The van der Waals surface area contributed by atoms with Crippen LogP contribution >= 0.6 is 23.2 Å². The van der Waals surface area contributed by atoms with Gasteiger partial charge in [0, 0.05) is 12.2 Å². The zero-order valence-electron chi connectivity index (χ0n) is 15.9. The van der Waals surface area contributed by atoms with Crippen molar-refractivity contribution < 1.29 is 13.2 Å². The van der Waals surface area contributed by atoms with Gasteiger partial charge >= 0.3 is 0 Å². The zero-order valence-corrected chi connectivity index (χ0v) is 18.2. The first kappa shape index (κ1) is 22.7. The Labute approximate surface area is 176 Å². The SMILES string of the molecule is CCCCc1ccc(NC(=O)CN(Cc2ccc(Cl)c(Cl)c2)S(C)(=O)=O)cc1. The number of benzene rings is 2. The van der Waals surface area contributed by atoms with Crippen LogP contribution in [0.15, 0.2) is 42.5 Å². The molecule has 0 unspecified atom stereocenters. The first-order valence-corrected chi connectivity index (χ1v) is 11.6. The van der Waals surface area contributed by atoms with Crippen LogP contribution in [0.1, 0.15) is 30.9 Å². The smallest absolute Gasteiger partial charge is 0.239 e. The predicted octanol–water partition coefficient (Wildman–Crippen LogP) is 4.74. The lowest BCUT2D eigenvalue weighted by Gasteiger charge is -2.20. The number of unbranched alkanes of at least 4 members (excludes halogenated alkanes) is 1. The topological polar surface area (TPSA) is 66.5 Å². The van der Waals surface area contributed by atoms with Gasteiger partial charge in [0.05, 0.1) is 22.8 Å². The lowest BCUT2D eigenvalue weighted by molar-refractivity contribution is -0.116. The number of hydrogen-bond donors (Lipinski definition) is 1. The number of carbonyl (C=O) groups excluding carboxylic acids is 1. The van der Waals surface area contributed by atoms with Crippen molar-refractivity contribution in [1.29, 1.82) is 0 Å². The zero-order chi connectivity index (χ0) is 20.7. The molecule has 0 saturated carbocycles. The summed E-state index contributed by atoms with van der Waals surface area (Å²) in [4.78, 5) is 12.4. The molecular formula is C20H24Cl2N2O3S. The summed E-state index contributed by atoms with van der Waals surface area (Å²) in [5.41, 5.74) is 2.48. The summed E-state index contributed by atoms with van der Waals surface area (Å²) in [6.45, 7) is 1.87. The van der Waals surface area contributed by atoms with Crippen LogP contribution in [0.4, 0.5) is 5.69 Å². The number of nitrogens with zero attached hydrogens (tertiary/aromatic N) is 1. The minimum atomic E-state index is -3.59. The molecule has 1 amide bonds. The van der Waals surface area contributed by atoms with Gasteiger partial charge in [-0.05, 0) is 48.2 Å². The molecule has 0 aliphatic carbocycles. The molecule has 0 saturated heterocycles. The third-order valence-electron chi connectivity index (χ3n) is 4.19. The molecule has 0 heterocycles. The number of rotatable bonds is 9. The van der Waals surface area contributed by atoms with Crippen molar-refractivity contribution in [2.24, 2.45) is 0 Å². The summed E-state index contributed by atoms with van der Waals surface area (Å²) in [5, 5.41) is 3.46. The van der Waals surface area contributed by atoms with Crippen LogP contribution in [0.5, 0.6) is 0 Å². The van der Waals surface area contributed by atoms with Crippen LogP contribution in [0.25, 0.3) is 0 Å². The standard InChI is InChI=1S/C20H24Cl2N2O3S/c1-3-4-5-15-6-9-17(10-7-15)23-20(25)14-24(28(2,26)27)13-16-8-11-18(21)19(22)12-16/h6-12H,3-5,13-14H2,1-2H3,(H,23,25). The Kier molecular flexibility index (Phi) is 8.31. The van der Waals surface area contributed by atoms with Crippen molar-refractivity contribution in [2.45, 2.75) is 32.7 Å². The van der Waals surface area contributed by atoms with E-state index in [9.17, 15) is 13.2 Å². The van der Waals surface area contributed by atoms with E-state index in [1.54, 1.807) is 18.2 Å². The van der Waals surface area contributed by atoms with Crippen LogP contribution in [0.3, 0.4) is 0 Å². The molecule has 152 valence electrons. The van der Waals surface area contributed by atoms with E-state index >= 15 is 0 Å². The van der Waals surface area contributed by atoms with Gasteiger partial charge in [-0.2, -0.15) is 4.31 Å². The number of sulfonamides is 1. The maximum absolute atomic E-state index is 12.4. The molecule has 28 heavy (non-hydrogen) atoms. The number of carbonyl (C=O) groups is 1. The maximum Gasteiger partial charge on any atom is 0.239 e. The lowest BCUT2D eigenvalue weighted by atomic mass is 10.1. The van der Waals surface area contributed by atoms with E-state index in [2.05, 4.69) is 12.2 Å². The number of aryl methyl sites for hydroxylation is 1. The molecule has 0 radical (unpaired) electrons. The van der Waals surface area contributed by atoms with E-state index in [0.29, 0.717) is 21.3 Å². The molecule has 1 N–H and O–H groups in total. The highest BCUT2D eigenvalue weighted by Gasteiger charge is 2.21. The fraction of sp³-hybridized carbons (Fsp3) is 0.350. The van der Waals surface area contributed by atoms with Gasteiger partial charge in [0.2, 0.25) is 15.9 Å². The molecule has 0 fully saturated rings. The van der Waals surface area contributed by atoms with E-state index in [1.165, 1.54) is 5.56 Å². The van der Waals surface area contributed by atoms with Crippen LogP contribution in [0, 0.1) is 0 Å². The molecule has 0 aromatic heterocycles. The number of halogens is 2. The molecule has 0 atom stereocenters. The molecule has 0 spiro atoms. The van der Waals surface area contributed by atoms with Crippen molar-refractivity contribution in [3.63, 3.8) is 0 Å². The van der Waals surface area contributed by atoms with Crippen LogP contribution in [-0.2, 0) is 27.8 Å². The Morgan fingerprint density at radius 3 is 2.25 bits per heavy atom. The van der Waals surface area contributed by atoms with E-state index in [0.717, 1.165) is 29.8 Å². The number of anilines is 1. The largest absolute Gasteiger partial charge is 0.325 e. The highest BCUT2D eigenvalue weighted by molar-refractivity contribution is 7.88. The average molecular weight is 443 g/mol. The van der Waals surface area contributed by atoms with E-state index < -0.39 is 15.9 Å². The second-order valence-corrected chi connectivity index (χ2v) is 9.43. The fourth-order valence-electron chi connectivity index (χ4n) is 2.63. The van der Waals surface area contributed by atoms with Gasteiger partial charge in [0.1, 0.15) is 0 Å². The van der Waals surface area contributed by atoms with E-state index in [4.69, 9.17) is 23.2 Å². The number of hydrogen-bond acceptors (Lipinski definition) is 3. The summed E-state index contributed by atoms with van der Waals surface area (Å²) in [6.07, 6.45) is 4.30. The van der Waals surface area contributed by atoms with Crippen molar-refractivity contribution in [2.75, 3.05) is 18.1 Å². The molecule has 0 aliphatic rings. The van der Waals surface area contributed by atoms with Gasteiger partial charge in [-0.3, -0.25) is 4.79 Å². The minimum absolute atomic E-state index is 0.0269. The average Bonchev–Trinajstić information content (AvgIpc) is 2.63. The maximum atomic E-state index is 12.4. The van der Waals surface area contributed by atoms with Gasteiger partial charge in [0.15, 0.2) is 0 Å². The molecule has 5 nitrogen and oxygen atoms in total. The van der Waals surface area contributed by atoms with Gasteiger partial charge in [-0.15, -0.1) is 0 Å². The van der Waals surface area contributed by atoms with Gasteiger partial charge < -0.3 is 5.32 Å². The normalized spacial score (nSPS) is 11.6. The van der Waals surface area contributed by atoms with Crippen LogP contribution < -0.4 is 5.32 Å². The van der Waals surface area contributed by atoms with Gasteiger partial charge in [-0.25, -0.2) is 8.42 Å². The summed E-state index contributed by atoms with van der Waals surface area (Å²) in [7, 11) is -3.59. The number of amides is 1. The second-order valence-electron chi connectivity index (χ2n) is 6.63. The van der Waals surface area contributed by atoms with E-state index in [1.807, 2.05) is 24.3 Å². The summed E-state index contributed by atoms with van der Waals surface area (Å²) >= 11 is 11.9. The van der Waals surface area contributed by atoms with Crippen molar-refractivity contribution in [1.82, 2.24) is 4.31 Å². The summed E-state index contributed by atoms with van der Waals surface area (Å²) in [5.74, 6) is -0.410. The first-order chi connectivity index (χ1) is 13.2. The fourth-order valence-corrected chi connectivity index (χ4v) is 3.68. The molecule has 0 bridgehead atoms. The van der Waals surface area contributed by atoms with Crippen molar-refractivity contribution >= 4 is 44.8 Å². The number of nitrogens with one attached hydrogen (secondary N) is 1. The predicted molar refractivity (Wildman–Crippen MR) is 115 cm³/mol. The van der Waals surface area contributed by atoms with Gasteiger partial charge in [-0.1, -0.05) is 54.7 Å². The Morgan fingerprint density at radius 1 is 1.04 bits per heavy atom. The molecular weight excluding hydrogens is 419 g/mol. The lowest BCUT2D eigenvalue weighted by Crippen LogP contribution is -2.36. The highest BCUT2D eigenvalue weighted by Crippen LogP contribution is 2.23. The van der Waals surface area contributed by atoms with Crippen LogP contribution in [-0.4, -0.2) is 31.4 Å². The molecule has 0 aliphatic heterocycles. The Balaban J connectivity index is 2.03. The van der Waals surface area contributed by atoms with Gasteiger partial charge in [0.25, 0.3) is 0 Å². The summed E-state index contributed by atoms with van der Waals surface area (Å²) < 4.78 is 25.3. The Morgan fingerprint density at radius 2 is 1.68 bits per heavy atom. The van der Waals surface area contributed by atoms with E-state index in [-0.39, 0.29) is 13.1 Å². The Bertz CT molecular complexity index is 916. The highest BCUT2D eigenvalue weighted by atomic mass is 35.5. The second kappa shape index (κ2) is 10.3. The third kappa shape index (κ3) is 7.09. The first-order valence-electron chi connectivity index (χ1n) is 8.97. The summed E-state index contributed by atoms with van der Waals surface area (Å²) in [6, 6.07) is 12.5. The van der Waals surface area contributed by atoms with Crippen molar-refractivity contribution in [3.8, 4) is 0 Å². The van der Waals surface area contributed by atoms with Crippen LogP contribution in [0.2, 0.25) is 10.0 Å². The molecule has 2 aromatic rings.